The van der Waals surface area contributed by atoms with Gasteiger partial charge in [0.2, 0.25) is 0 Å². The number of aromatic nitrogens is 1. The average Bonchev–Trinajstić information content (AvgIpc) is 3.21. The molecule has 0 spiro atoms. The maximum absolute atomic E-state index is 13.7. The molecule has 4 rings (SSSR count). The second kappa shape index (κ2) is 7.08. The zero-order chi connectivity index (χ0) is 21.8. The third-order valence-corrected chi connectivity index (χ3v) is 7.38. The molecule has 1 fully saturated rings. The minimum Gasteiger partial charge on any atom is -0.348 e. The van der Waals surface area contributed by atoms with Gasteiger partial charge in [-0.3, -0.25) is 4.79 Å². The van der Waals surface area contributed by atoms with E-state index in [9.17, 15) is 17.6 Å². The largest absolute Gasteiger partial charge is 0.348 e. The van der Waals surface area contributed by atoms with E-state index in [0.29, 0.717) is 31.6 Å². The summed E-state index contributed by atoms with van der Waals surface area (Å²) >= 11 is 5.82. The zero-order valence-corrected chi connectivity index (χ0v) is 18.0. The Bertz CT molecular complexity index is 1160. The molecular weight excluding hydrogens is 431 g/mol. The van der Waals surface area contributed by atoms with Crippen molar-refractivity contribution in [3.8, 4) is 6.07 Å². The third kappa shape index (κ3) is 3.60. The second-order valence-corrected chi connectivity index (χ2v) is 10.4. The molecule has 1 aromatic carbocycles. The van der Waals surface area contributed by atoms with Crippen molar-refractivity contribution in [1.82, 2.24) is 14.6 Å². The average molecular weight is 451 g/mol. The van der Waals surface area contributed by atoms with Crippen LogP contribution in [0, 0.1) is 29.5 Å². The molecule has 30 heavy (non-hydrogen) atoms. The van der Waals surface area contributed by atoms with Crippen LogP contribution in [0.15, 0.2) is 23.2 Å². The molecule has 1 aliphatic carbocycles. The molecule has 10 heteroatoms. The van der Waals surface area contributed by atoms with Gasteiger partial charge in [0.15, 0.2) is 0 Å². The predicted octanol–water partition coefficient (Wildman–Crippen LogP) is 2.55. The molecule has 2 N–H and O–H groups in total. The predicted molar refractivity (Wildman–Crippen MR) is 108 cm³/mol. The van der Waals surface area contributed by atoms with Gasteiger partial charge in [-0.05, 0) is 56.0 Å². The summed E-state index contributed by atoms with van der Waals surface area (Å²) in [7, 11) is -3.91. The lowest BCUT2D eigenvalue weighted by molar-refractivity contribution is 0.0368. The molecule has 0 unspecified atom stereocenters. The van der Waals surface area contributed by atoms with Crippen LogP contribution in [0.5, 0.6) is 0 Å². The van der Waals surface area contributed by atoms with Crippen molar-refractivity contribution in [3.05, 3.63) is 51.4 Å². The molecule has 0 bridgehead atoms. The summed E-state index contributed by atoms with van der Waals surface area (Å²) in [5, 5.41) is 9.01. The number of carbonyl (C=O) groups is 1. The molecular formula is C20H20ClFN4O3S. The molecule has 2 heterocycles. The van der Waals surface area contributed by atoms with Gasteiger partial charge in [-0.2, -0.15) is 5.26 Å². The molecule has 0 saturated carbocycles. The molecule has 1 saturated heterocycles. The van der Waals surface area contributed by atoms with Crippen LogP contribution in [0.4, 0.5) is 4.39 Å². The number of benzene rings is 1. The minimum atomic E-state index is -3.91. The lowest BCUT2D eigenvalue weighted by atomic mass is 9.83. The van der Waals surface area contributed by atoms with Crippen LogP contribution in [0.25, 0.3) is 0 Å². The summed E-state index contributed by atoms with van der Waals surface area (Å²) in [5.41, 5.74) is 1.68. The van der Waals surface area contributed by atoms with Crippen LogP contribution in [-0.2, 0) is 22.9 Å². The van der Waals surface area contributed by atoms with Gasteiger partial charge in [-0.15, -0.1) is 0 Å². The summed E-state index contributed by atoms with van der Waals surface area (Å²) in [6.45, 7) is 4.03. The Morgan fingerprint density at radius 3 is 2.60 bits per heavy atom. The van der Waals surface area contributed by atoms with Crippen molar-refractivity contribution in [2.45, 2.75) is 37.8 Å². The summed E-state index contributed by atoms with van der Waals surface area (Å²) in [5.74, 6) is -0.836. The van der Waals surface area contributed by atoms with Crippen LogP contribution in [0.1, 0.15) is 34.1 Å². The van der Waals surface area contributed by atoms with E-state index < -0.39 is 27.3 Å². The van der Waals surface area contributed by atoms with Crippen molar-refractivity contribution < 1.29 is 17.6 Å². The van der Waals surface area contributed by atoms with E-state index in [1.54, 1.807) is 13.8 Å². The number of nitrogens with zero attached hydrogens (tertiary/aromatic N) is 2. The summed E-state index contributed by atoms with van der Waals surface area (Å²) in [4.78, 5) is 17.0. The van der Waals surface area contributed by atoms with Gasteiger partial charge < -0.3 is 9.88 Å². The highest BCUT2D eigenvalue weighted by Crippen LogP contribution is 2.31. The second-order valence-electron chi connectivity index (χ2n) is 8.27. The number of fused-ring (bicyclic) bond motifs is 1. The first-order valence-corrected chi connectivity index (χ1v) is 11.3. The van der Waals surface area contributed by atoms with Crippen LogP contribution < -0.4 is 4.72 Å². The molecule has 2 aliphatic rings. The van der Waals surface area contributed by atoms with Gasteiger partial charge in [0.05, 0.1) is 22.1 Å². The fourth-order valence-electron chi connectivity index (χ4n) is 4.05. The normalized spacial score (nSPS) is 19.8. The molecule has 7 nitrogen and oxygen atoms in total. The van der Waals surface area contributed by atoms with Gasteiger partial charge >= 0.3 is 0 Å². The van der Waals surface area contributed by atoms with Crippen molar-refractivity contribution >= 4 is 27.5 Å². The maximum Gasteiger partial charge on any atom is 0.256 e. The van der Waals surface area contributed by atoms with Crippen molar-refractivity contribution in [3.63, 3.8) is 0 Å². The first-order chi connectivity index (χ1) is 14.0. The number of rotatable bonds is 4. The highest BCUT2D eigenvalue weighted by atomic mass is 35.5. The summed E-state index contributed by atoms with van der Waals surface area (Å²) in [6.07, 6.45) is 0.759. The topological polar surface area (TPSA) is 106 Å². The number of hydrogen-bond acceptors (Lipinski definition) is 4. The standard InChI is InChI=1S/C20H20ClFN4O3S/c1-11-15(19(27)26-9-20(2,8-23)10-26)7-18(24-11)30(28,29)25-14-3-12-5-16(21)17(22)6-13(12)4-14/h5-7,14,24-25H,3-4,9-10H2,1-2H3/t14-/m1/s1. The molecule has 1 atom stereocenters. The number of nitrogens with one attached hydrogen (secondary N) is 2. The first kappa shape index (κ1) is 20.8. The summed E-state index contributed by atoms with van der Waals surface area (Å²) in [6, 6.07) is 5.92. The van der Waals surface area contributed by atoms with Gasteiger partial charge in [0.1, 0.15) is 10.8 Å². The van der Waals surface area contributed by atoms with E-state index >= 15 is 0 Å². The van der Waals surface area contributed by atoms with E-state index in [1.807, 2.05) is 0 Å². The van der Waals surface area contributed by atoms with E-state index in [1.165, 1.54) is 23.1 Å². The first-order valence-electron chi connectivity index (χ1n) is 9.40. The smallest absolute Gasteiger partial charge is 0.256 e. The van der Waals surface area contributed by atoms with Gasteiger partial charge in [-0.1, -0.05) is 11.6 Å². The Balaban J connectivity index is 1.49. The fourth-order valence-corrected chi connectivity index (χ4v) is 5.53. The van der Waals surface area contributed by atoms with Gasteiger partial charge in [0, 0.05) is 24.8 Å². The number of aryl methyl sites for hydroxylation is 1. The van der Waals surface area contributed by atoms with Gasteiger partial charge in [0.25, 0.3) is 15.9 Å². The minimum absolute atomic E-state index is 0.0129. The number of H-pyrrole nitrogens is 1. The molecule has 1 aromatic heterocycles. The Hall–Kier alpha value is -2.41. The molecule has 158 valence electrons. The monoisotopic (exact) mass is 450 g/mol. The molecule has 2 aromatic rings. The quantitative estimate of drug-likeness (QED) is 0.746. The molecule has 1 amide bonds. The van der Waals surface area contributed by atoms with Crippen LogP contribution in [-0.4, -0.2) is 43.3 Å². The highest BCUT2D eigenvalue weighted by molar-refractivity contribution is 7.89. The number of carbonyl (C=O) groups excluding carboxylic acids is 1. The number of likely N-dealkylation sites (tertiary alicyclic amines) is 1. The lowest BCUT2D eigenvalue weighted by Crippen LogP contribution is -2.56. The van der Waals surface area contributed by atoms with Crippen molar-refractivity contribution in [1.29, 1.82) is 5.26 Å². The highest BCUT2D eigenvalue weighted by Gasteiger charge is 2.42. The van der Waals surface area contributed by atoms with E-state index in [4.69, 9.17) is 16.9 Å². The Morgan fingerprint density at radius 2 is 1.97 bits per heavy atom. The Kier molecular flexibility index (Phi) is 4.92. The lowest BCUT2D eigenvalue weighted by Gasteiger charge is -2.43. The Morgan fingerprint density at radius 1 is 1.33 bits per heavy atom. The number of sulfonamides is 1. The molecule has 1 aliphatic heterocycles. The number of halogens is 2. The van der Waals surface area contributed by atoms with Crippen molar-refractivity contribution in [2.24, 2.45) is 5.41 Å². The third-order valence-electron chi connectivity index (χ3n) is 5.64. The van der Waals surface area contributed by atoms with Crippen LogP contribution in [0.2, 0.25) is 5.02 Å². The number of aromatic amines is 1. The number of amides is 1. The summed E-state index contributed by atoms with van der Waals surface area (Å²) < 4.78 is 42.0. The number of hydrogen-bond donors (Lipinski definition) is 2. The Labute approximate surface area is 178 Å². The fraction of sp³-hybridized carbons (Fsp3) is 0.400. The van der Waals surface area contributed by atoms with Crippen molar-refractivity contribution in [2.75, 3.05) is 13.1 Å². The maximum atomic E-state index is 13.7. The molecule has 0 radical (unpaired) electrons. The van der Waals surface area contributed by atoms with Crippen LogP contribution in [0.3, 0.4) is 0 Å². The van der Waals surface area contributed by atoms with E-state index in [0.717, 1.165) is 11.1 Å². The van der Waals surface area contributed by atoms with Gasteiger partial charge in [-0.25, -0.2) is 17.5 Å². The zero-order valence-electron chi connectivity index (χ0n) is 16.4. The SMILES string of the molecule is Cc1[nH]c(S(=O)(=O)N[C@H]2Cc3cc(F)c(Cl)cc3C2)cc1C(=O)N1CC(C)(C#N)C1. The number of nitriles is 1. The van der Waals surface area contributed by atoms with E-state index in [2.05, 4.69) is 15.8 Å². The van der Waals surface area contributed by atoms with Crippen LogP contribution >= 0.6 is 11.6 Å². The van der Waals surface area contributed by atoms with E-state index in [-0.39, 0.29) is 21.5 Å².